The van der Waals surface area contributed by atoms with Crippen LogP contribution in [0.4, 0.5) is 0 Å². The number of aromatic amines is 1. The number of aromatic hydroxyl groups is 3. The zero-order valence-corrected chi connectivity index (χ0v) is 9.15. The summed E-state index contributed by atoms with van der Waals surface area (Å²) >= 11 is 0. The number of rotatable bonds is 0. The van der Waals surface area contributed by atoms with Crippen molar-refractivity contribution < 1.29 is 15.3 Å². The van der Waals surface area contributed by atoms with Gasteiger partial charge in [-0.3, -0.25) is 0 Å². The molecule has 2 aromatic carbocycles. The van der Waals surface area contributed by atoms with Crippen molar-refractivity contribution in [3.63, 3.8) is 0 Å². The monoisotopic (exact) mass is 229 g/mol. The van der Waals surface area contributed by atoms with Crippen LogP contribution in [0.3, 0.4) is 0 Å². The molecule has 3 aromatic rings. The van der Waals surface area contributed by atoms with Crippen molar-refractivity contribution in [1.82, 2.24) is 4.98 Å². The second-order valence-corrected chi connectivity index (χ2v) is 4.19. The maximum Gasteiger partial charge on any atom is 0.167 e. The summed E-state index contributed by atoms with van der Waals surface area (Å²) in [7, 11) is 0. The van der Waals surface area contributed by atoms with Gasteiger partial charge in [-0.05, 0) is 19.1 Å². The lowest BCUT2D eigenvalue weighted by Crippen LogP contribution is -1.74. The number of hydrogen-bond acceptors (Lipinski definition) is 3. The van der Waals surface area contributed by atoms with Crippen LogP contribution in [0.5, 0.6) is 17.2 Å². The molecule has 0 spiro atoms. The standard InChI is InChI=1S/C13H11NO3/c1-6-2-3-8-7(4-6)11-12(14-8)9(15)5-10(16)13(11)17/h2-5,14-17H,1H3. The van der Waals surface area contributed by atoms with Crippen LogP contribution in [-0.2, 0) is 0 Å². The number of phenolic OH excluding ortho intramolecular Hbond substituents is 3. The third-order valence-corrected chi connectivity index (χ3v) is 2.96. The van der Waals surface area contributed by atoms with Crippen LogP contribution in [0, 0.1) is 6.92 Å². The van der Waals surface area contributed by atoms with E-state index in [-0.39, 0.29) is 17.2 Å². The smallest absolute Gasteiger partial charge is 0.167 e. The van der Waals surface area contributed by atoms with Crippen molar-refractivity contribution in [3.05, 3.63) is 29.8 Å². The molecule has 0 fully saturated rings. The van der Waals surface area contributed by atoms with Gasteiger partial charge in [-0.2, -0.15) is 0 Å². The van der Waals surface area contributed by atoms with Gasteiger partial charge in [-0.15, -0.1) is 0 Å². The van der Waals surface area contributed by atoms with E-state index in [0.717, 1.165) is 22.5 Å². The third kappa shape index (κ3) is 1.24. The lowest BCUT2D eigenvalue weighted by atomic mass is 10.1. The van der Waals surface area contributed by atoms with Crippen LogP contribution in [0.25, 0.3) is 21.8 Å². The van der Waals surface area contributed by atoms with Crippen molar-refractivity contribution in [3.8, 4) is 17.2 Å². The molecule has 17 heavy (non-hydrogen) atoms. The second-order valence-electron chi connectivity index (χ2n) is 4.19. The van der Waals surface area contributed by atoms with Crippen LogP contribution >= 0.6 is 0 Å². The number of phenols is 3. The largest absolute Gasteiger partial charge is 0.506 e. The molecule has 0 radical (unpaired) electrons. The van der Waals surface area contributed by atoms with Crippen molar-refractivity contribution in [2.45, 2.75) is 6.92 Å². The predicted octanol–water partition coefficient (Wildman–Crippen LogP) is 2.75. The molecule has 86 valence electrons. The Hall–Kier alpha value is -2.36. The Morgan fingerprint density at radius 3 is 2.53 bits per heavy atom. The number of benzene rings is 2. The number of hydrogen-bond donors (Lipinski definition) is 4. The number of H-pyrrole nitrogens is 1. The molecule has 0 saturated carbocycles. The van der Waals surface area contributed by atoms with Gasteiger partial charge in [0.15, 0.2) is 11.5 Å². The number of aromatic nitrogens is 1. The third-order valence-electron chi connectivity index (χ3n) is 2.96. The Morgan fingerprint density at radius 1 is 1.00 bits per heavy atom. The topological polar surface area (TPSA) is 76.5 Å². The molecule has 0 saturated heterocycles. The van der Waals surface area contributed by atoms with Gasteiger partial charge in [0, 0.05) is 17.0 Å². The first-order chi connectivity index (χ1) is 8.08. The molecule has 4 nitrogen and oxygen atoms in total. The van der Waals surface area contributed by atoms with Gasteiger partial charge in [-0.25, -0.2) is 0 Å². The fourth-order valence-electron chi connectivity index (χ4n) is 2.14. The first-order valence-corrected chi connectivity index (χ1v) is 5.24. The van der Waals surface area contributed by atoms with Crippen molar-refractivity contribution in [2.75, 3.05) is 0 Å². The summed E-state index contributed by atoms with van der Waals surface area (Å²) in [5.41, 5.74) is 2.28. The van der Waals surface area contributed by atoms with Gasteiger partial charge in [0.05, 0.1) is 10.9 Å². The highest BCUT2D eigenvalue weighted by molar-refractivity contribution is 6.13. The normalized spacial score (nSPS) is 11.4. The lowest BCUT2D eigenvalue weighted by molar-refractivity contribution is 0.402. The van der Waals surface area contributed by atoms with Crippen LogP contribution in [0.1, 0.15) is 5.56 Å². The molecule has 0 bridgehead atoms. The molecule has 0 unspecified atom stereocenters. The zero-order valence-electron chi connectivity index (χ0n) is 9.15. The fourth-order valence-corrected chi connectivity index (χ4v) is 2.14. The maximum absolute atomic E-state index is 9.88. The van der Waals surface area contributed by atoms with Crippen LogP contribution in [0.15, 0.2) is 24.3 Å². The average molecular weight is 229 g/mol. The van der Waals surface area contributed by atoms with E-state index in [0.29, 0.717) is 10.9 Å². The fraction of sp³-hybridized carbons (Fsp3) is 0.0769. The van der Waals surface area contributed by atoms with E-state index < -0.39 is 0 Å². The maximum atomic E-state index is 9.88. The van der Waals surface area contributed by atoms with E-state index in [9.17, 15) is 15.3 Å². The zero-order chi connectivity index (χ0) is 12.2. The molecule has 0 aliphatic heterocycles. The summed E-state index contributed by atoms with van der Waals surface area (Å²) < 4.78 is 0. The van der Waals surface area contributed by atoms with E-state index in [1.165, 1.54) is 0 Å². The molecule has 0 aliphatic rings. The molecule has 4 heteroatoms. The van der Waals surface area contributed by atoms with Crippen molar-refractivity contribution in [2.24, 2.45) is 0 Å². The summed E-state index contributed by atoms with van der Waals surface area (Å²) in [5, 5.41) is 30.4. The summed E-state index contributed by atoms with van der Waals surface area (Å²) in [6.07, 6.45) is 0. The predicted molar refractivity (Wildman–Crippen MR) is 65.5 cm³/mol. The highest BCUT2D eigenvalue weighted by atomic mass is 16.3. The average Bonchev–Trinajstić information content (AvgIpc) is 2.65. The van der Waals surface area contributed by atoms with Crippen LogP contribution in [-0.4, -0.2) is 20.3 Å². The minimum absolute atomic E-state index is 0.0795. The SMILES string of the molecule is Cc1ccc2[nH]c3c(O)cc(O)c(O)c3c2c1. The minimum atomic E-state index is -0.322. The van der Waals surface area contributed by atoms with Crippen molar-refractivity contribution >= 4 is 21.8 Å². The first kappa shape index (κ1) is 9.84. The quantitative estimate of drug-likeness (QED) is 0.353. The summed E-state index contributed by atoms with van der Waals surface area (Å²) in [5.74, 6) is -0.615. The van der Waals surface area contributed by atoms with Gasteiger partial charge < -0.3 is 20.3 Å². The number of aryl methyl sites for hydroxylation is 1. The number of fused-ring (bicyclic) bond motifs is 3. The van der Waals surface area contributed by atoms with Gasteiger partial charge >= 0.3 is 0 Å². The highest BCUT2D eigenvalue weighted by Crippen LogP contribution is 2.43. The Bertz CT molecular complexity index is 743. The molecule has 3 rings (SSSR count). The minimum Gasteiger partial charge on any atom is -0.506 e. The van der Waals surface area contributed by atoms with E-state index in [4.69, 9.17) is 0 Å². The lowest BCUT2D eigenvalue weighted by Gasteiger charge is -2.01. The Kier molecular flexibility index (Phi) is 1.78. The molecule has 1 heterocycles. The van der Waals surface area contributed by atoms with Gasteiger partial charge in [0.2, 0.25) is 0 Å². The summed E-state index contributed by atoms with van der Waals surface area (Å²) in [4.78, 5) is 3.02. The first-order valence-electron chi connectivity index (χ1n) is 5.24. The van der Waals surface area contributed by atoms with E-state index in [1.807, 2.05) is 25.1 Å². The molecule has 0 atom stereocenters. The van der Waals surface area contributed by atoms with Gasteiger partial charge in [0.25, 0.3) is 0 Å². The Labute approximate surface area is 96.8 Å². The van der Waals surface area contributed by atoms with Crippen LogP contribution in [0.2, 0.25) is 0 Å². The molecular weight excluding hydrogens is 218 g/mol. The van der Waals surface area contributed by atoms with Gasteiger partial charge in [-0.1, -0.05) is 11.6 Å². The van der Waals surface area contributed by atoms with E-state index >= 15 is 0 Å². The molecule has 4 N–H and O–H groups in total. The highest BCUT2D eigenvalue weighted by Gasteiger charge is 2.15. The van der Waals surface area contributed by atoms with Gasteiger partial charge in [0.1, 0.15) is 5.75 Å². The van der Waals surface area contributed by atoms with Crippen molar-refractivity contribution in [1.29, 1.82) is 0 Å². The second kappa shape index (κ2) is 3.07. The summed E-state index contributed by atoms with van der Waals surface area (Å²) in [6, 6.07) is 6.83. The van der Waals surface area contributed by atoms with E-state index in [2.05, 4.69) is 4.98 Å². The molecule has 0 amide bonds. The summed E-state index contributed by atoms with van der Waals surface area (Å²) in [6.45, 7) is 1.94. The molecule has 1 aromatic heterocycles. The molecular formula is C13H11NO3. The van der Waals surface area contributed by atoms with Crippen LogP contribution < -0.4 is 0 Å². The Morgan fingerprint density at radius 2 is 1.76 bits per heavy atom. The Balaban J connectivity index is 2.63. The number of nitrogens with one attached hydrogen (secondary N) is 1. The van der Waals surface area contributed by atoms with E-state index in [1.54, 1.807) is 0 Å². The molecule has 0 aliphatic carbocycles.